The lowest BCUT2D eigenvalue weighted by atomic mass is 10.1. The van der Waals surface area contributed by atoms with Gasteiger partial charge in [-0.25, -0.2) is 9.78 Å². The first kappa shape index (κ1) is 12.1. The van der Waals surface area contributed by atoms with E-state index in [-0.39, 0.29) is 11.7 Å². The van der Waals surface area contributed by atoms with Crippen LogP contribution < -0.4 is 0 Å². The van der Waals surface area contributed by atoms with E-state index in [9.17, 15) is 4.79 Å². The minimum atomic E-state index is -0.429. The third-order valence-electron chi connectivity index (χ3n) is 2.79. The number of aromatic nitrogens is 1. The van der Waals surface area contributed by atoms with Gasteiger partial charge in [0.25, 0.3) is 0 Å². The summed E-state index contributed by atoms with van der Waals surface area (Å²) in [7, 11) is 0. The van der Waals surface area contributed by atoms with Crippen LogP contribution >= 0.6 is 0 Å². The number of rotatable bonds is 4. The van der Waals surface area contributed by atoms with Gasteiger partial charge >= 0.3 is 5.97 Å². The maximum absolute atomic E-state index is 11.7. The molecule has 94 valence electrons. The molecule has 1 aliphatic heterocycles. The second-order valence-electron chi connectivity index (χ2n) is 3.96. The van der Waals surface area contributed by atoms with Gasteiger partial charge in [0.15, 0.2) is 0 Å². The molecule has 0 saturated carbocycles. The summed E-state index contributed by atoms with van der Waals surface area (Å²) in [6, 6.07) is 0. The van der Waals surface area contributed by atoms with Crippen LogP contribution in [-0.2, 0) is 15.9 Å². The van der Waals surface area contributed by atoms with Crippen LogP contribution in [-0.4, -0.2) is 30.8 Å². The zero-order valence-electron chi connectivity index (χ0n) is 10.2. The molecule has 0 radical (unpaired) electrons. The lowest BCUT2D eigenvalue weighted by Gasteiger charge is -2.00. The highest BCUT2D eigenvalue weighted by molar-refractivity contribution is 5.87. The van der Waals surface area contributed by atoms with E-state index in [1.165, 1.54) is 0 Å². The molecule has 2 rings (SSSR count). The molecule has 1 saturated heterocycles. The average molecular weight is 239 g/mol. The van der Waals surface area contributed by atoms with Gasteiger partial charge < -0.3 is 13.9 Å². The highest BCUT2D eigenvalue weighted by Crippen LogP contribution is 2.26. The van der Waals surface area contributed by atoms with Crippen LogP contribution in [0.3, 0.4) is 0 Å². The molecule has 1 aromatic heterocycles. The van der Waals surface area contributed by atoms with Gasteiger partial charge in [0.1, 0.15) is 0 Å². The molecule has 0 spiro atoms. The predicted molar refractivity (Wildman–Crippen MR) is 60.0 cm³/mol. The second-order valence-corrected chi connectivity index (χ2v) is 3.96. The van der Waals surface area contributed by atoms with Gasteiger partial charge in [0.05, 0.1) is 24.8 Å². The lowest BCUT2D eigenvalue weighted by Crippen LogP contribution is -2.05. The maximum atomic E-state index is 11.7. The van der Waals surface area contributed by atoms with Gasteiger partial charge in [-0.3, -0.25) is 0 Å². The summed E-state index contributed by atoms with van der Waals surface area (Å²) in [5.41, 5.74) is 0.672. The smallest absolute Gasteiger partial charge is 0.376 e. The van der Waals surface area contributed by atoms with E-state index in [2.05, 4.69) is 4.98 Å². The monoisotopic (exact) mass is 239 g/mol. The Morgan fingerprint density at radius 2 is 2.35 bits per heavy atom. The highest BCUT2D eigenvalue weighted by Gasteiger charge is 2.27. The minimum absolute atomic E-state index is 0.170. The lowest BCUT2D eigenvalue weighted by molar-refractivity contribution is 0.0485. The van der Waals surface area contributed by atoms with Crippen molar-refractivity contribution >= 4 is 5.97 Å². The number of carbonyl (C=O) groups excluding carboxylic acids is 1. The molecule has 0 aliphatic carbocycles. The zero-order valence-corrected chi connectivity index (χ0v) is 10.2. The Kier molecular flexibility index (Phi) is 3.78. The van der Waals surface area contributed by atoms with E-state index in [0.29, 0.717) is 31.2 Å². The van der Waals surface area contributed by atoms with Crippen molar-refractivity contribution in [1.29, 1.82) is 0 Å². The Morgan fingerprint density at radius 1 is 1.53 bits per heavy atom. The molecule has 5 nitrogen and oxygen atoms in total. The molecule has 0 aromatic carbocycles. The SMILES string of the molecule is CCOC(=O)c1oc(C2CCOC2)nc1CC. The molecular weight excluding hydrogens is 222 g/mol. The van der Waals surface area contributed by atoms with Gasteiger partial charge in [-0.15, -0.1) is 0 Å². The van der Waals surface area contributed by atoms with Gasteiger partial charge in [0, 0.05) is 6.61 Å². The van der Waals surface area contributed by atoms with Crippen molar-refractivity contribution in [1.82, 2.24) is 4.98 Å². The first-order valence-electron chi connectivity index (χ1n) is 6.00. The third kappa shape index (κ3) is 2.49. The quantitative estimate of drug-likeness (QED) is 0.751. The summed E-state index contributed by atoms with van der Waals surface area (Å²) < 4.78 is 15.8. The molecule has 5 heteroatoms. The zero-order chi connectivity index (χ0) is 12.3. The van der Waals surface area contributed by atoms with Crippen molar-refractivity contribution in [3.63, 3.8) is 0 Å². The number of ether oxygens (including phenoxy) is 2. The highest BCUT2D eigenvalue weighted by atomic mass is 16.5. The van der Waals surface area contributed by atoms with E-state index in [1.807, 2.05) is 6.92 Å². The number of hydrogen-bond acceptors (Lipinski definition) is 5. The Balaban J connectivity index is 2.22. The van der Waals surface area contributed by atoms with Crippen molar-refractivity contribution in [3.05, 3.63) is 17.3 Å². The number of carbonyl (C=O) groups is 1. The molecule has 1 aromatic rings. The van der Waals surface area contributed by atoms with Crippen LogP contribution in [0, 0.1) is 0 Å². The van der Waals surface area contributed by atoms with Gasteiger partial charge in [-0.2, -0.15) is 0 Å². The number of oxazole rings is 1. The van der Waals surface area contributed by atoms with Crippen LogP contribution in [0.4, 0.5) is 0 Å². The average Bonchev–Trinajstić information content (AvgIpc) is 2.97. The van der Waals surface area contributed by atoms with Crippen molar-refractivity contribution in [2.45, 2.75) is 32.6 Å². The Hall–Kier alpha value is -1.36. The van der Waals surface area contributed by atoms with Crippen LogP contribution in [0.25, 0.3) is 0 Å². The summed E-state index contributed by atoms with van der Waals surface area (Å²) >= 11 is 0. The van der Waals surface area contributed by atoms with E-state index < -0.39 is 5.97 Å². The molecule has 0 amide bonds. The first-order chi connectivity index (χ1) is 8.26. The first-order valence-corrected chi connectivity index (χ1v) is 6.00. The molecule has 1 aliphatic rings. The fourth-order valence-electron chi connectivity index (χ4n) is 1.87. The summed E-state index contributed by atoms with van der Waals surface area (Å²) in [4.78, 5) is 16.0. The van der Waals surface area contributed by atoms with Gasteiger partial charge in [0.2, 0.25) is 11.7 Å². The largest absolute Gasteiger partial charge is 0.460 e. The van der Waals surface area contributed by atoms with Crippen molar-refractivity contribution in [2.24, 2.45) is 0 Å². The summed E-state index contributed by atoms with van der Waals surface area (Å²) in [6.45, 7) is 5.39. The fraction of sp³-hybridized carbons (Fsp3) is 0.667. The van der Waals surface area contributed by atoms with Crippen LogP contribution in [0.2, 0.25) is 0 Å². The van der Waals surface area contributed by atoms with Crippen molar-refractivity contribution in [2.75, 3.05) is 19.8 Å². The maximum Gasteiger partial charge on any atom is 0.376 e. The Morgan fingerprint density at radius 3 is 2.94 bits per heavy atom. The standard InChI is InChI=1S/C12H17NO4/c1-3-9-10(12(14)16-4-2)17-11(13-9)8-5-6-15-7-8/h8H,3-7H2,1-2H3. The fourth-order valence-corrected chi connectivity index (χ4v) is 1.87. The summed E-state index contributed by atoms with van der Waals surface area (Å²) in [5.74, 6) is 0.587. The molecule has 0 bridgehead atoms. The van der Waals surface area contributed by atoms with E-state index in [1.54, 1.807) is 6.92 Å². The van der Waals surface area contributed by atoms with Crippen LogP contribution in [0.5, 0.6) is 0 Å². The molecule has 17 heavy (non-hydrogen) atoms. The molecule has 2 heterocycles. The Bertz CT molecular complexity index is 393. The number of nitrogens with zero attached hydrogens (tertiary/aromatic N) is 1. The summed E-state index contributed by atoms with van der Waals surface area (Å²) in [6.07, 6.45) is 1.55. The van der Waals surface area contributed by atoms with Crippen LogP contribution in [0.15, 0.2) is 4.42 Å². The second kappa shape index (κ2) is 5.31. The number of esters is 1. The minimum Gasteiger partial charge on any atom is -0.460 e. The number of hydrogen-bond donors (Lipinski definition) is 0. The number of aryl methyl sites for hydroxylation is 1. The topological polar surface area (TPSA) is 61.6 Å². The normalized spacial score (nSPS) is 19.5. The Labute approximate surface area is 100 Å². The van der Waals surface area contributed by atoms with Crippen LogP contribution in [0.1, 0.15) is 48.3 Å². The van der Waals surface area contributed by atoms with Crippen molar-refractivity contribution in [3.8, 4) is 0 Å². The molecule has 1 atom stereocenters. The molecule has 0 N–H and O–H groups in total. The molecule has 1 unspecified atom stereocenters. The van der Waals surface area contributed by atoms with Gasteiger partial charge in [-0.05, 0) is 19.8 Å². The van der Waals surface area contributed by atoms with Gasteiger partial charge in [-0.1, -0.05) is 6.92 Å². The molecular formula is C12H17NO4. The van der Waals surface area contributed by atoms with E-state index in [0.717, 1.165) is 13.0 Å². The third-order valence-corrected chi connectivity index (χ3v) is 2.79. The molecule has 1 fully saturated rings. The summed E-state index contributed by atoms with van der Waals surface area (Å²) in [5, 5.41) is 0. The predicted octanol–water partition coefficient (Wildman–Crippen LogP) is 1.92. The van der Waals surface area contributed by atoms with Crippen molar-refractivity contribution < 1.29 is 18.7 Å². The van der Waals surface area contributed by atoms with E-state index in [4.69, 9.17) is 13.9 Å². The van der Waals surface area contributed by atoms with E-state index >= 15 is 0 Å².